The van der Waals surface area contributed by atoms with Crippen LogP contribution in [0.25, 0.3) is 5.65 Å². The number of nitrogens with zero attached hydrogens (tertiary/aromatic N) is 7. The van der Waals surface area contributed by atoms with Crippen molar-refractivity contribution in [2.75, 3.05) is 55.3 Å². The standard InChI is InChI=1S/C25H38B9F2N9O3/c26-21(20(47)43-3-1-42(2-4-43)12-9-48-10-12)22(27,28)24(31,32)45(25(33,34)23(21,29)30)16-13(36)6-38-7-14(16)40-19(46)15-17(37)41-44-8-11(35)5-39-18(15)44/h5-8,12H,1-4,9-10,26-34H2,(H2,37,41)(H,40,46). The molecule has 3 aromatic heterocycles. The van der Waals surface area contributed by atoms with E-state index in [4.69, 9.17) is 10.5 Å². The lowest BCUT2D eigenvalue weighted by Gasteiger charge is -2.77. The molecular formula is C25H38B9F2N9O3. The molecule has 3 aliphatic heterocycles. The summed E-state index contributed by atoms with van der Waals surface area (Å²) in [6.07, 6.45) is 4.54. The number of fused-ring (bicyclic) bond motifs is 1. The molecule has 6 rings (SSSR count). The maximum atomic E-state index is 16.3. The van der Waals surface area contributed by atoms with Crippen molar-refractivity contribution in [3.63, 3.8) is 0 Å². The molecule has 3 saturated heterocycles. The molecule has 48 heavy (non-hydrogen) atoms. The SMILES string of the molecule is BC1(B)N(c2c(F)cncc2NC(=O)c2c(N)nn3cc(F)cnc23)C(B)(B)C(B)(B)C(B)(C(=O)N2CCN(C3COC3)CC2)C1(B)B. The van der Waals surface area contributed by atoms with E-state index in [9.17, 15) is 14.0 Å². The van der Waals surface area contributed by atoms with Gasteiger partial charge in [0.05, 0.1) is 55.4 Å². The van der Waals surface area contributed by atoms with Gasteiger partial charge >= 0.3 is 0 Å². The van der Waals surface area contributed by atoms with Gasteiger partial charge in [-0.2, -0.15) is 0 Å². The summed E-state index contributed by atoms with van der Waals surface area (Å²) >= 11 is 0. The maximum absolute atomic E-state index is 16.3. The van der Waals surface area contributed by atoms with Gasteiger partial charge in [-0.1, -0.05) is 10.4 Å². The fourth-order valence-electron chi connectivity index (χ4n) is 8.48. The Morgan fingerprint density at radius 3 is 2.08 bits per heavy atom. The third-order valence-corrected chi connectivity index (χ3v) is 12.9. The second-order valence-electron chi connectivity index (χ2n) is 15.6. The zero-order valence-electron chi connectivity index (χ0n) is 29.3. The normalized spacial score (nSPS) is 23.0. The number of nitrogen functional groups attached to an aromatic ring is 1. The smallest absolute Gasteiger partial charge is 0.263 e. The number of nitrogens with one attached hydrogen (secondary N) is 1. The first kappa shape index (κ1) is 34.5. The summed E-state index contributed by atoms with van der Waals surface area (Å²) in [6, 6.07) is 0.417. The number of carbonyl (C=O) groups is 2. The van der Waals surface area contributed by atoms with Gasteiger partial charge in [-0.25, -0.2) is 18.3 Å². The summed E-state index contributed by atoms with van der Waals surface area (Å²) in [5.41, 5.74) is 6.30. The first-order valence-electron chi connectivity index (χ1n) is 16.4. The number of ether oxygens (including phenoxy) is 1. The van der Waals surface area contributed by atoms with Gasteiger partial charge in [0.15, 0.2) is 23.1 Å². The van der Waals surface area contributed by atoms with Crippen molar-refractivity contribution in [3.05, 3.63) is 42.0 Å². The van der Waals surface area contributed by atoms with E-state index in [2.05, 4.69) is 64.5 Å². The van der Waals surface area contributed by atoms with Crippen LogP contribution in [0.2, 0.25) is 15.7 Å². The number of pyridine rings is 1. The molecule has 0 aromatic carbocycles. The number of anilines is 3. The molecule has 2 amide bonds. The number of halogens is 2. The first-order valence-corrected chi connectivity index (χ1v) is 16.4. The van der Waals surface area contributed by atoms with Gasteiger partial charge in [-0.3, -0.25) is 19.5 Å². The van der Waals surface area contributed by atoms with Crippen LogP contribution in [-0.2, 0) is 9.53 Å². The Bertz CT molecular complexity index is 1770. The second kappa shape index (κ2) is 11.4. The number of piperazine rings is 1. The largest absolute Gasteiger partial charge is 0.390 e. The van der Waals surface area contributed by atoms with Crippen LogP contribution in [0.3, 0.4) is 0 Å². The summed E-state index contributed by atoms with van der Waals surface area (Å²) in [4.78, 5) is 43.2. The molecular weight excluding hydrogens is 610 g/mol. The highest BCUT2D eigenvalue weighted by molar-refractivity contribution is 6.68. The van der Waals surface area contributed by atoms with Gasteiger partial charge in [0.2, 0.25) is 5.91 Å². The molecule has 0 saturated carbocycles. The second-order valence-corrected chi connectivity index (χ2v) is 15.6. The highest BCUT2D eigenvalue weighted by Crippen LogP contribution is 2.72. The van der Waals surface area contributed by atoms with Crippen LogP contribution in [0.4, 0.5) is 26.0 Å². The maximum Gasteiger partial charge on any atom is 0.263 e. The number of nitrogens with two attached hydrogens (primary N) is 1. The van der Waals surface area contributed by atoms with Crippen molar-refractivity contribution < 1.29 is 23.1 Å². The average molecular weight is 648 g/mol. The van der Waals surface area contributed by atoms with E-state index in [1.165, 1.54) is 6.20 Å². The predicted molar refractivity (Wildman–Crippen MR) is 205 cm³/mol. The minimum Gasteiger partial charge on any atom is -0.390 e. The van der Waals surface area contributed by atoms with Crippen LogP contribution in [0, 0.1) is 11.6 Å². The molecule has 0 unspecified atom stereocenters. The number of hydrogen-bond acceptors (Lipinski definition) is 9. The number of rotatable bonds is 5. The van der Waals surface area contributed by atoms with Crippen LogP contribution in [0.1, 0.15) is 10.4 Å². The van der Waals surface area contributed by atoms with Gasteiger partial charge in [-0.15, -0.1) is 5.10 Å². The molecule has 3 aliphatic rings. The lowest BCUT2D eigenvalue weighted by molar-refractivity contribution is -0.140. The van der Waals surface area contributed by atoms with Gasteiger partial charge in [0.25, 0.3) is 5.91 Å². The lowest BCUT2D eigenvalue weighted by atomic mass is 9.08. The fourth-order valence-corrected chi connectivity index (χ4v) is 8.48. The third kappa shape index (κ3) is 4.69. The highest BCUT2D eigenvalue weighted by atomic mass is 19.1. The first-order chi connectivity index (χ1) is 22.3. The van der Waals surface area contributed by atoms with Crippen molar-refractivity contribution in [3.8, 4) is 0 Å². The molecule has 242 valence electrons. The Balaban J connectivity index is 1.39. The quantitative estimate of drug-likeness (QED) is 0.259. The minimum absolute atomic E-state index is 0.0503. The number of aromatic nitrogens is 4. The Hall–Kier alpha value is -3.33. The van der Waals surface area contributed by atoms with Crippen molar-refractivity contribution in [2.24, 2.45) is 0 Å². The van der Waals surface area contributed by atoms with Crippen molar-refractivity contribution >= 4 is 105 Å². The summed E-state index contributed by atoms with van der Waals surface area (Å²) < 4.78 is 36.6. The molecule has 6 heterocycles. The van der Waals surface area contributed by atoms with E-state index in [1.807, 2.05) is 41.2 Å². The molecule has 0 radical (unpaired) electrons. The van der Waals surface area contributed by atoms with Crippen LogP contribution >= 0.6 is 0 Å². The summed E-state index contributed by atoms with van der Waals surface area (Å²) in [6.45, 7) is 4.32. The molecule has 23 heteroatoms. The number of carbonyl (C=O) groups excluding carboxylic acids is 2. The lowest BCUT2D eigenvalue weighted by Crippen LogP contribution is -2.82. The molecule has 0 bridgehead atoms. The molecule has 3 N–H and O–H groups in total. The zero-order chi connectivity index (χ0) is 35.2. The fraction of sp³-hybridized carbons (Fsp3) is 0.480. The van der Waals surface area contributed by atoms with Gasteiger partial charge in [0.1, 0.15) is 76.2 Å². The molecule has 3 fully saturated rings. The Labute approximate surface area is 287 Å². The van der Waals surface area contributed by atoms with Gasteiger partial charge in [-0.05, 0) is 10.7 Å². The Morgan fingerprint density at radius 1 is 0.917 bits per heavy atom. The van der Waals surface area contributed by atoms with Gasteiger partial charge in [0, 0.05) is 31.5 Å². The average Bonchev–Trinajstić information content (AvgIpc) is 3.31. The van der Waals surface area contributed by atoms with E-state index < -0.39 is 44.0 Å². The summed E-state index contributed by atoms with van der Waals surface area (Å²) in [7, 11) is 18.5. The third-order valence-electron chi connectivity index (χ3n) is 12.9. The zero-order valence-corrected chi connectivity index (χ0v) is 29.3. The summed E-state index contributed by atoms with van der Waals surface area (Å²) in [5, 5.41) is 2.74. The molecule has 12 nitrogen and oxygen atoms in total. The van der Waals surface area contributed by atoms with Gasteiger partial charge < -0.3 is 25.6 Å². The predicted octanol–water partition coefficient (Wildman–Crippen LogP) is -8.00. The van der Waals surface area contributed by atoms with E-state index in [0.717, 1.165) is 49.4 Å². The van der Waals surface area contributed by atoms with E-state index in [-0.39, 0.29) is 34.3 Å². The molecule has 3 aromatic rings. The topological polar surface area (TPSA) is 134 Å². The monoisotopic (exact) mass is 649 g/mol. The van der Waals surface area contributed by atoms with E-state index >= 15 is 4.39 Å². The van der Waals surface area contributed by atoms with Crippen molar-refractivity contribution in [2.45, 2.75) is 32.5 Å². The van der Waals surface area contributed by atoms with Crippen LogP contribution in [-0.4, -0.2) is 168 Å². The Morgan fingerprint density at radius 2 is 1.52 bits per heavy atom. The van der Waals surface area contributed by atoms with Crippen LogP contribution in [0.5, 0.6) is 0 Å². The van der Waals surface area contributed by atoms with E-state index in [1.54, 1.807) is 0 Å². The van der Waals surface area contributed by atoms with Crippen LogP contribution in [0.15, 0.2) is 24.8 Å². The number of hydrogen-bond donors (Lipinski definition) is 2. The Kier molecular flexibility index (Phi) is 8.17. The summed E-state index contributed by atoms with van der Waals surface area (Å²) in [5.74, 6) is -2.06. The van der Waals surface area contributed by atoms with Crippen LogP contribution < -0.4 is 16.0 Å². The minimum atomic E-state index is -0.898. The number of piperidine rings is 1. The molecule has 0 aliphatic carbocycles. The molecule has 0 atom stereocenters. The van der Waals surface area contributed by atoms with E-state index in [0.29, 0.717) is 19.1 Å². The molecule has 0 spiro atoms. The highest BCUT2D eigenvalue weighted by Gasteiger charge is 2.71. The van der Waals surface area contributed by atoms with Crippen molar-refractivity contribution in [1.82, 2.24) is 29.4 Å². The number of amides is 2. The van der Waals surface area contributed by atoms with Crippen molar-refractivity contribution in [1.29, 1.82) is 0 Å².